The minimum Gasteiger partial charge on any atom is -0.508 e. The first-order valence-corrected chi connectivity index (χ1v) is 21.8. The van der Waals surface area contributed by atoms with Crippen molar-refractivity contribution in [3.8, 4) is 28.7 Å². The van der Waals surface area contributed by atoms with Gasteiger partial charge in [-0.3, -0.25) is 4.79 Å². The molecule has 0 spiro atoms. The van der Waals surface area contributed by atoms with Crippen molar-refractivity contribution in [3.63, 3.8) is 0 Å². The number of ether oxygens (including phenoxy) is 9. The van der Waals surface area contributed by atoms with E-state index in [1.54, 1.807) is 0 Å². The molecule has 0 aliphatic carbocycles. The summed E-state index contributed by atoms with van der Waals surface area (Å²) in [5.41, 5.74) is 1.80. The normalized spacial score (nSPS) is 24.1. The molecule has 0 aromatic heterocycles. The number of rotatable bonds is 19. The van der Waals surface area contributed by atoms with E-state index in [1.807, 2.05) is 0 Å². The summed E-state index contributed by atoms with van der Waals surface area (Å²) in [6.45, 7) is -1.67. The minimum atomic E-state index is -2.73. The van der Waals surface area contributed by atoms with Gasteiger partial charge in [-0.05, 0) is 95.1 Å². The predicted molar refractivity (Wildman–Crippen MR) is 249 cm³/mol. The summed E-state index contributed by atoms with van der Waals surface area (Å²) in [5, 5.41) is 73.8. The van der Waals surface area contributed by atoms with E-state index in [0.717, 1.165) is 31.2 Å². The lowest BCUT2D eigenvalue weighted by atomic mass is 9.98. The molecule has 72 heavy (non-hydrogen) atoms. The van der Waals surface area contributed by atoms with Gasteiger partial charge in [0.1, 0.15) is 67.6 Å². The highest BCUT2D eigenvalue weighted by molar-refractivity contribution is 5.89. The summed E-state index contributed by atoms with van der Waals surface area (Å²) in [5.74, 6) is -8.02. The van der Waals surface area contributed by atoms with E-state index in [4.69, 9.17) is 42.6 Å². The van der Waals surface area contributed by atoms with Crippen molar-refractivity contribution in [2.45, 2.75) is 61.7 Å². The molecule has 0 radical (unpaired) electrons. The SMILES string of the molecule is COc1cc(C=CC(=O)OCC2OC(OC3(COC(=O)C=Cc4ccc(O)cc4)OC(COC(=O)C=Cc4ccc(O)cc4)C(O)C3OC(=O)C=Cc3ccc(O)cc3)C(O)C(OC(C)=O)C2O)ccc1O. The molecule has 9 unspecified atom stereocenters. The van der Waals surface area contributed by atoms with Crippen LogP contribution >= 0.6 is 0 Å². The van der Waals surface area contributed by atoms with Crippen LogP contribution in [-0.4, -0.2) is 147 Å². The number of carbonyl (C=O) groups excluding carboxylic acids is 5. The van der Waals surface area contributed by atoms with Crippen LogP contribution in [0.15, 0.2) is 115 Å². The van der Waals surface area contributed by atoms with E-state index >= 15 is 0 Å². The Kier molecular flexibility index (Phi) is 18.3. The van der Waals surface area contributed by atoms with Crippen LogP contribution in [0.3, 0.4) is 0 Å². The molecule has 4 aromatic carbocycles. The number of aliphatic hydroxyl groups is 3. The maximum atomic E-state index is 13.6. The fourth-order valence-corrected chi connectivity index (χ4v) is 7.07. The first kappa shape index (κ1) is 53.3. The van der Waals surface area contributed by atoms with Gasteiger partial charge >= 0.3 is 29.8 Å². The Bertz CT molecular complexity index is 2640. The smallest absolute Gasteiger partial charge is 0.331 e. The summed E-state index contributed by atoms with van der Waals surface area (Å²) in [6.07, 6.45) is -6.20. The number of methoxy groups -OCH3 is 1. The Morgan fingerprint density at radius 3 is 1.53 bits per heavy atom. The zero-order valence-corrected chi connectivity index (χ0v) is 38.4. The third-order valence-corrected chi connectivity index (χ3v) is 10.7. The van der Waals surface area contributed by atoms with Crippen molar-refractivity contribution in [1.29, 1.82) is 0 Å². The first-order valence-electron chi connectivity index (χ1n) is 21.8. The van der Waals surface area contributed by atoms with Crippen molar-refractivity contribution in [2.24, 2.45) is 0 Å². The van der Waals surface area contributed by atoms with Gasteiger partial charge in [0.25, 0.3) is 0 Å². The molecule has 2 aliphatic heterocycles. The van der Waals surface area contributed by atoms with Gasteiger partial charge in [-0.15, -0.1) is 0 Å². The number of hydrogen-bond donors (Lipinski definition) is 7. The highest BCUT2D eigenvalue weighted by Gasteiger charge is 2.62. The van der Waals surface area contributed by atoms with E-state index in [0.29, 0.717) is 22.3 Å². The van der Waals surface area contributed by atoms with Crippen molar-refractivity contribution in [3.05, 3.63) is 138 Å². The zero-order valence-electron chi connectivity index (χ0n) is 38.4. The lowest BCUT2D eigenvalue weighted by Gasteiger charge is -2.44. The molecule has 380 valence electrons. The molecule has 2 saturated heterocycles. The maximum Gasteiger partial charge on any atom is 0.331 e. The molecule has 2 fully saturated rings. The van der Waals surface area contributed by atoms with Crippen LogP contribution < -0.4 is 4.74 Å². The molecule has 21 nitrogen and oxygen atoms in total. The molecule has 6 rings (SSSR count). The Labute approximate surface area is 410 Å². The van der Waals surface area contributed by atoms with Crippen LogP contribution in [0.4, 0.5) is 0 Å². The predicted octanol–water partition coefficient (Wildman–Crippen LogP) is 3.06. The highest BCUT2D eigenvalue weighted by atomic mass is 16.8. The molecule has 0 bridgehead atoms. The molecular weight excluding hydrogens is 949 g/mol. The number of aliphatic hydroxyl groups excluding tert-OH is 3. The Morgan fingerprint density at radius 1 is 0.569 bits per heavy atom. The van der Waals surface area contributed by atoms with Gasteiger partial charge in [0.15, 0.2) is 30.0 Å². The Morgan fingerprint density at radius 2 is 1.03 bits per heavy atom. The Balaban J connectivity index is 1.32. The number of phenolic OH excluding ortho intramolecular Hbond substituents is 4. The molecule has 4 aromatic rings. The molecule has 0 amide bonds. The van der Waals surface area contributed by atoms with E-state index in [9.17, 15) is 59.7 Å². The summed E-state index contributed by atoms with van der Waals surface area (Å²) in [6, 6.07) is 21.4. The summed E-state index contributed by atoms with van der Waals surface area (Å²) >= 11 is 0. The van der Waals surface area contributed by atoms with Crippen LogP contribution in [0.5, 0.6) is 28.7 Å². The lowest BCUT2D eigenvalue weighted by Crippen LogP contribution is -2.64. The fraction of sp³-hybridized carbons (Fsp3) is 0.275. The van der Waals surface area contributed by atoms with Crippen LogP contribution in [0.25, 0.3) is 24.3 Å². The van der Waals surface area contributed by atoms with Crippen molar-refractivity contribution in [2.75, 3.05) is 26.9 Å². The van der Waals surface area contributed by atoms with Crippen LogP contribution in [0, 0.1) is 0 Å². The van der Waals surface area contributed by atoms with E-state index < -0.39 is 104 Å². The minimum absolute atomic E-state index is 0.0151. The number of benzene rings is 4. The monoisotopic (exact) mass is 998 g/mol. The molecule has 0 saturated carbocycles. The zero-order chi connectivity index (χ0) is 52.0. The summed E-state index contributed by atoms with van der Waals surface area (Å²) in [4.78, 5) is 65.1. The van der Waals surface area contributed by atoms with Gasteiger partial charge < -0.3 is 78.4 Å². The van der Waals surface area contributed by atoms with E-state index in [1.165, 1.54) is 122 Å². The van der Waals surface area contributed by atoms with Gasteiger partial charge in [0.2, 0.25) is 5.79 Å². The molecule has 7 N–H and O–H groups in total. The van der Waals surface area contributed by atoms with Crippen LogP contribution in [0.2, 0.25) is 0 Å². The topological polar surface area (TPSA) is 310 Å². The molecule has 9 atom stereocenters. The second-order valence-electron chi connectivity index (χ2n) is 15.9. The van der Waals surface area contributed by atoms with Crippen LogP contribution in [0.1, 0.15) is 29.2 Å². The lowest BCUT2D eigenvalue weighted by molar-refractivity contribution is -0.383. The summed E-state index contributed by atoms with van der Waals surface area (Å²) in [7, 11) is 1.33. The third-order valence-electron chi connectivity index (χ3n) is 10.7. The Hall–Kier alpha value is -8.05. The van der Waals surface area contributed by atoms with E-state index in [2.05, 4.69) is 0 Å². The van der Waals surface area contributed by atoms with Gasteiger partial charge in [0, 0.05) is 31.2 Å². The number of carbonyl (C=O) groups is 5. The largest absolute Gasteiger partial charge is 0.508 e. The van der Waals surface area contributed by atoms with E-state index in [-0.39, 0.29) is 28.7 Å². The molecular formula is C51H50O21. The number of hydrogen-bond acceptors (Lipinski definition) is 21. The van der Waals surface area contributed by atoms with Crippen LogP contribution in [-0.2, 0) is 61.9 Å². The number of esters is 5. The quantitative estimate of drug-likeness (QED) is 0.0403. The van der Waals surface area contributed by atoms with Gasteiger partial charge in [-0.1, -0.05) is 42.5 Å². The van der Waals surface area contributed by atoms with Crippen molar-refractivity contribution < 1.29 is 102 Å². The number of phenols is 4. The molecule has 2 heterocycles. The summed E-state index contributed by atoms with van der Waals surface area (Å²) < 4.78 is 50.7. The van der Waals surface area contributed by atoms with Gasteiger partial charge in [-0.25, -0.2) is 19.2 Å². The second-order valence-corrected chi connectivity index (χ2v) is 15.9. The van der Waals surface area contributed by atoms with Crippen molar-refractivity contribution >= 4 is 54.2 Å². The second kappa shape index (κ2) is 24.7. The average molecular weight is 999 g/mol. The standard InChI is InChI=1S/C51H50O21/c1-29(52)68-48-45(61)39(26-65-42(58)23-13-33-9-20-37(56)38(25-33)64-2)69-50(47(48)63)72-51(28-67-43(59)22-11-31-5-16-35(54)17-6-31)49(70-44(60)24-12-32-7-18-36(55)19-8-32)46(62)40(71-51)27-66-41(57)21-10-30-3-14-34(53)15-4-30/h3-25,39-40,45-50,53-56,61-63H,26-28H2,1-2H3. The average Bonchev–Trinajstić information content (AvgIpc) is 3.61. The maximum absolute atomic E-state index is 13.6. The third kappa shape index (κ3) is 14.7. The fourth-order valence-electron chi connectivity index (χ4n) is 7.07. The van der Waals surface area contributed by atoms with Gasteiger partial charge in [0.05, 0.1) is 7.11 Å². The molecule has 2 aliphatic rings. The number of aromatic hydroxyl groups is 4. The van der Waals surface area contributed by atoms with Crippen molar-refractivity contribution in [1.82, 2.24) is 0 Å². The first-order chi connectivity index (χ1) is 34.4. The van der Waals surface area contributed by atoms with Gasteiger partial charge in [-0.2, -0.15) is 0 Å². The highest BCUT2D eigenvalue weighted by Crippen LogP contribution is 2.40. The molecule has 21 heteroatoms.